The van der Waals surface area contributed by atoms with E-state index in [0.717, 1.165) is 27.6 Å². The van der Waals surface area contributed by atoms with E-state index < -0.39 is 0 Å². The van der Waals surface area contributed by atoms with Crippen LogP contribution in [0.1, 0.15) is 16.1 Å². The molecule has 2 rings (SSSR count). The summed E-state index contributed by atoms with van der Waals surface area (Å²) in [5, 5.41) is 3.00. The van der Waals surface area contributed by atoms with Crippen LogP contribution in [0.3, 0.4) is 0 Å². The zero-order chi connectivity index (χ0) is 12.4. The highest BCUT2D eigenvalue weighted by Crippen LogP contribution is 2.30. The molecule has 0 atom stereocenters. The summed E-state index contributed by atoms with van der Waals surface area (Å²) >= 11 is 7.37. The SMILES string of the molecule is COc1cc(C)c(-c2csc(CCl)n2)cc1C. The highest BCUT2D eigenvalue weighted by Gasteiger charge is 2.10. The van der Waals surface area contributed by atoms with Gasteiger partial charge in [-0.25, -0.2) is 4.98 Å². The Morgan fingerprint density at radius 3 is 2.65 bits per heavy atom. The van der Waals surface area contributed by atoms with E-state index in [2.05, 4.69) is 18.0 Å². The van der Waals surface area contributed by atoms with Crippen LogP contribution in [-0.2, 0) is 5.88 Å². The average Bonchev–Trinajstić information content (AvgIpc) is 2.80. The molecule has 0 radical (unpaired) electrons. The molecule has 0 spiro atoms. The van der Waals surface area contributed by atoms with Crippen LogP contribution in [0.4, 0.5) is 0 Å². The molecule has 1 aromatic carbocycles. The van der Waals surface area contributed by atoms with E-state index in [9.17, 15) is 0 Å². The number of halogens is 1. The first-order valence-corrected chi connectivity index (χ1v) is 6.73. The van der Waals surface area contributed by atoms with Gasteiger partial charge < -0.3 is 4.74 Å². The Morgan fingerprint density at radius 2 is 2.06 bits per heavy atom. The summed E-state index contributed by atoms with van der Waals surface area (Å²) in [6.45, 7) is 4.10. The number of aromatic nitrogens is 1. The van der Waals surface area contributed by atoms with Gasteiger partial charge in [0.2, 0.25) is 0 Å². The molecule has 4 heteroatoms. The minimum absolute atomic E-state index is 0.471. The Kier molecular flexibility index (Phi) is 3.69. The fourth-order valence-electron chi connectivity index (χ4n) is 1.78. The highest BCUT2D eigenvalue weighted by atomic mass is 35.5. The Morgan fingerprint density at radius 1 is 1.29 bits per heavy atom. The Hall–Kier alpha value is -1.06. The van der Waals surface area contributed by atoms with Gasteiger partial charge in [0, 0.05) is 10.9 Å². The molecule has 1 heterocycles. The maximum absolute atomic E-state index is 5.77. The van der Waals surface area contributed by atoms with E-state index in [1.165, 1.54) is 5.56 Å². The highest BCUT2D eigenvalue weighted by molar-refractivity contribution is 7.10. The van der Waals surface area contributed by atoms with Crippen LogP contribution < -0.4 is 4.74 Å². The quantitative estimate of drug-likeness (QED) is 0.779. The van der Waals surface area contributed by atoms with Crippen molar-refractivity contribution in [1.29, 1.82) is 0 Å². The molecule has 0 fully saturated rings. The summed E-state index contributed by atoms with van der Waals surface area (Å²) in [7, 11) is 1.69. The number of rotatable bonds is 3. The first-order valence-electron chi connectivity index (χ1n) is 5.31. The van der Waals surface area contributed by atoms with Crippen molar-refractivity contribution in [1.82, 2.24) is 4.98 Å². The fourth-order valence-corrected chi connectivity index (χ4v) is 2.67. The van der Waals surface area contributed by atoms with Crippen molar-refractivity contribution in [3.8, 4) is 17.0 Å². The number of hydrogen-bond donors (Lipinski definition) is 0. The van der Waals surface area contributed by atoms with Crippen LogP contribution >= 0.6 is 22.9 Å². The van der Waals surface area contributed by atoms with Gasteiger partial charge in [0.1, 0.15) is 10.8 Å². The lowest BCUT2D eigenvalue weighted by Crippen LogP contribution is -1.91. The number of alkyl halides is 1. The average molecular weight is 268 g/mol. The molecule has 0 aliphatic heterocycles. The number of aryl methyl sites for hydroxylation is 2. The van der Waals surface area contributed by atoms with Gasteiger partial charge in [-0.2, -0.15) is 0 Å². The second-order valence-corrected chi connectivity index (χ2v) is 5.11. The van der Waals surface area contributed by atoms with Crippen molar-refractivity contribution in [2.24, 2.45) is 0 Å². The smallest absolute Gasteiger partial charge is 0.122 e. The topological polar surface area (TPSA) is 22.1 Å². The maximum atomic E-state index is 5.77. The third kappa shape index (κ3) is 2.45. The van der Waals surface area contributed by atoms with Crippen LogP contribution in [0.25, 0.3) is 11.3 Å². The molecule has 2 nitrogen and oxygen atoms in total. The number of methoxy groups -OCH3 is 1. The van der Waals surface area contributed by atoms with E-state index in [0.29, 0.717) is 5.88 Å². The Balaban J connectivity index is 2.48. The standard InChI is InChI=1S/C13H14ClNOS/c1-8-5-12(16-3)9(2)4-10(8)11-7-17-13(6-14)15-11/h4-5,7H,6H2,1-3H3. The normalized spacial score (nSPS) is 10.6. The van der Waals surface area contributed by atoms with Crippen molar-refractivity contribution in [3.63, 3.8) is 0 Å². The van der Waals surface area contributed by atoms with Gasteiger partial charge in [-0.15, -0.1) is 22.9 Å². The number of hydrogen-bond acceptors (Lipinski definition) is 3. The number of thiazole rings is 1. The largest absolute Gasteiger partial charge is 0.496 e. The Bertz CT molecular complexity index is 536. The van der Waals surface area contributed by atoms with Crippen LogP contribution in [-0.4, -0.2) is 12.1 Å². The van der Waals surface area contributed by atoms with E-state index in [4.69, 9.17) is 16.3 Å². The Labute approximate surface area is 110 Å². The summed E-state index contributed by atoms with van der Waals surface area (Å²) in [5.41, 5.74) is 4.43. The van der Waals surface area contributed by atoms with Crippen molar-refractivity contribution in [2.45, 2.75) is 19.7 Å². The van der Waals surface area contributed by atoms with Crippen LogP contribution in [0, 0.1) is 13.8 Å². The molecule has 17 heavy (non-hydrogen) atoms. The first kappa shape index (κ1) is 12.4. The number of benzene rings is 1. The molecule has 0 saturated heterocycles. The summed E-state index contributed by atoms with van der Waals surface area (Å²) < 4.78 is 5.30. The third-order valence-corrected chi connectivity index (χ3v) is 3.94. The van der Waals surface area contributed by atoms with E-state index >= 15 is 0 Å². The molecular weight excluding hydrogens is 254 g/mol. The molecule has 0 aliphatic carbocycles. The number of ether oxygens (including phenoxy) is 1. The van der Waals surface area contributed by atoms with Crippen LogP contribution in [0.15, 0.2) is 17.5 Å². The molecule has 0 unspecified atom stereocenters. The van der Waals surface area contributed by atoms with Crippen LogP contribution in [0.5, 0.6) is 5.75 Å². The molecule has 90 valence electrons. The maximum Gasteiger partial charge on any atom is 0.122 e. The lowest BCUT2D eigenvalue weighted by molar-refractivity contribution is 0.411. The molecule has 0 amide bonds. The lowest BCUT2D eigenvalue weighted by Gasteiger charge is -2.09. The van der Waals surface area contributed by atoms with Crippen molar-refractivity contribution < 1.29 is 4.74 Å². The molecule has 0 bridgehead atoms. The zero-order valence-electron chi connectivity index (χ0n) is 10.1. The number of nitrogens with zero attached hydrogens (tertiary/aromatic N) is 1. The fraction of sp³-hybridized carbons (Fsp3) is 0.308. The molecule has 0 aliphatic rings. The molecule has 0 saturated carbocycles. The predicted octanol–water partition coefficient (Wildman–Crippen LogP) is 4.17. The van der Waals surface area contributed by atoms with Gasteiger partial charge in [0.05, 0.1) is 18.7 Å². The van der Waals surface area contributed by atoms with Gasteiger partial charge in [-0.3, -0.25) is 0 Å². The predicted molar refractivity (Wildman–Crippen MR) is 73.1 cm³/mol. The monoisotopic (exact) mass is 267 g/mol. The van der Waals surface area contributed by atoms with Gasteiger partial charge in [0.25, 0.3) is 0 Å². The molecule has 1 aromatic heterocycles. The molecule has 2 aromatic rings. The summed E-state index contributed by atoms with van der Waals surface area (Å²) in [4.78, 5) is 4.50. The minimum Gasteiger partial charge on any atom is -0.496 e. The van der Waals surface area contributed by atoms with Crippen LogP contribution in [0.2, 0.25) is 0 Å². The third-order valence-electron chi connectivity index (χ3n) is 2.68. The van der Waals surface area contributed by atoms with Gasteiger partial charge in [-0.1, -0.05) is 0 Å². The first-order chi connectivity index (χ1) is 8.15. The summed E-state index contributed by atoms with van der Waals surface area (Å²) in [6, 6.07) is 4.16. The summed E-state index contributed by atoms with van der Waals surface area (Å²) in [5.74, 6) is 1.39. The van der Waals surface area contributed by atoms with E-state index in [-0.39, 0.29) is 0 Å². The molecule has 0 N–H and O–H groups in total. The van der Waals surface area contributed by atoms with Crippen molar-refractivity contribution in [2.75, 3.05) is 7.11 Å². The van der Waals surface area contributed by atoms with Gasteiger partial charge >= 0.3 is 0 Å². The lowest BCUT2D eigenvalue weighted by atomic mass is 10.0. The zero-order valence-corrected chi connectivity index (χ0v) is 11.7. The van der Waals surface area contributed by atoms with Crippen molar-refractivity contribution >= 4 is 22.9 Å². The second kappa shape index (κ2) is 5.07. The minimum atomic E-state index is 0.471. The van der Waals surface area contributed by atoms with E-state index in [1.54, 1.807) is 18.4 Å². The van der Waals surface area contributed by atoms with E-state index in [1.807, 2.05) is 18.4 Å². The van der Waals surface area contributed by atoms with Crippen molar-refractivity contribution in [3.05, 3.63) is 33.6 Å². The summed E-state index contributed by atoms with van der Waals surface area (Å²) in [6.07, 6.45) is 0. The van der Waals surface area contributed by atoms with Gasteiger partial charge in [-0.05, 0) is 37.1 Å². The van der Waals surface area contributed by atoms with Gasteiger partial charge in [0.15, 0.2) is 0 Å². The molecular formula is C13H14ClNOS. The second-order valence-electron chi connectivity index (χ2n) is 3.90.